The average molecular weight is 411 g/mol. The minimum atomic E-state index is -0.439. The van der Waals surface area contributed by atoms with Crippen LogP contribution in [0.4, 0.5) is 0 Å². The smallest absolute Gasteiger partial charge is 0.337 e. The largest absolute Gasteiger partial charge is 0.465 e. The van der Waals surface area contributed by atoms with Crippen LogP contribution in [0.1, 0.15) is 15.9 Å². The van der Waals surface area contributed by atoms with Crippen molar-refractivity contribution in [2.45, 2.75) is 6.54 Å². The summed E-state index contributed by atoms with van der Waals surface area (Å²) >= 11 is 7.36. The molecular formula is C21H15ClN2O3S. The number of benzene rings is 2. The second kappa shape index (κ2) is 8.70. The number of fused-ring (bicyclic) bond motifs is 1. The zero-order valence-electron chi connectivity index (χ0n) is 14.9. The Hall–Kier alpha value is -3.14. The number of hydrogen-bond acceptors (Lipinski definition) is 4. The van der Waals surface area contributed by atoms with Crippen LogP contribution in [0, 0.1) is 12.3 Å². The van der Waals surface area contributed by atoms with Gasteiger partial charge in [0.15, 0.2) is 4.80 Å². The van der Waals surface area contributed by atoms with E-state index in [-0.39, 0.29) is 6.54 Å². The van der Waals surface area contributed by atoms with E-state index < -0.39 is 11.9 Å². The van der Waals surface area contributed by atoms with Gasteiger partial charge in [0.2, 0.25) is 0 Å². The number of halogens is 1. The first kappa shape index (κ1) is 19.6. The van der Waals surface area contributed by atoms with Crippen LogP contribution < -0.4 is 4.80 Å². The summed E-state index contributed by atoms with van der Waals surface area (Å²) in [6, 6.07) is 12.3. The van der Waals surface area contributed by atoms with Crippen LogP contribution in [0.15, 0.2) is 53.5 Å². The normalized spacial score (nSPS) is 11.7. The molecule has 0 saturated heterocycles. The first-order chi connectivity index (χ1) is 13.5. The highest BCUT2D eigenvalue weighted by Gasteiger charge is 2.11. The number of carbonyl (C=O) groups excluding carboxylic acids is 2. The zero-order valence-corrected chi connectivity index (χ0v) is 16.5. The molecule has 0 atom stereocenters. The van der Waals surface area contributed by atoms with Crippen molar-refractivity contribution in [2.24, 2.45) is 4.99 Å². The van der Waals surface area contributed by atoms with Gasteiger partial charge in [-0.15, -0.1) is 6.42 Å². The zero-order chi connectivity index (χ0) is 20.1. The first-order valence-electron chi connectivity index (χ1n) is 8.20. The molecule has 0 N–H and O–H groups in total. The topological polar surface area (TPSA) is 60.7 Å². The summed E-state index contributed by atoms with van der Waals surface area (Å²) in [7, 11) is 1.32. The number of ether oxygens (including phenoxy) is 1. The summed E-state index contributed by atoms with van der Waals surface area (Å²) in [4.78, 5) is 28.7. The van der Waals surface area contributed by atoms with E-state index in [0.29, 0.717) is 15.4 Å². The van der Waals surface area contributed by atoms with Crippen molar-refractivity contribution in [1.82, 2.24) is 4.57 Å². The summed E-state index contributed by atoms with van der Waals surface area (Å²) in [5.41, 5.74) is 1.93. The summed E-state index contributed by atoms with van der Waals surface area (Å²) in [5.74, 6) is 1.69. The van der Waals surface area contributed by atoms with Gasteiger partial charge >= 0.3 is 5.97 Å². The Morgan fingerprint density at radius 2 is 2.11 bits per heavy atom. The number of aromatic nitrogens is 1. The summed E-state index contributed by atoms with van der Waals surface area (Å²) in [6.45, 7) is 0.248. The summed E-state index contributed by atoms with van der Waals surface area (Å²) in [5, 5.41) is 0.547. The van der Waals surface area contributed by atoms with E-state index in [4.69, 9.17) is 22.8 Å². The lowest BCUT2D eigenvalue weighted by molar-refractivity contribution is -0.113. The summed E-state index contributed by atoms with van der Waals surface area (Å²) < 4.78 is 7.28. The lowest BCUT2D eigenvalue weighted by Gasteiger charge is -2.01. The number of hydrogen-bond donors (Lipinski definition) is 0. The monoisotopic (exact) mass is 410 g/mol. The predicted octanol–water partition coefficient (Wildman–Crippen LogP) is 3.92. The molecule has 1 aromatic heterocycles. The van der Waals surface area contributed by atoms with Crippen molar-refractivity contribution in [3.05, 3.63) is 69.5 Å². The molecule has 0 saturated carbocycles. The lowest BCUT2D eigenvalue weighted by atomic mass is 10.2. The highest BCUT2D eigenvalue weighted by atomic mass is 35.5. The molecule has 5 nitrogen and oxygen atoms in total. The van der Waals surface area contributed by atoms with Crippen LogP contribution in [0.2, 0.25) is 5.02 Å². The Kier molecular flexibility index (Phi) is 6.09. The predicted molar refractivity (Wildman–Crippen MR) is 111 cm³/mol. The maximum Gasteiger partial charge on any atom is 0.337 e. The van der Waals surface area contributed by atoms with Crippen LogP contribution >= 0.6 is 22.9 Å². The number of carbonyl (C=O) groups is 2. The van der Waals surface area contributed by atoms with Gasteiger partial charge in [-0.1, -0.05) is 47.1 Å². The molecule has 3 aromatic rings. The van der Waals surface area contributed by atoms with Crippen LogP contribution in [0.3, 0.4) is 0 Å². The van der Waals surface area contributed by atoms with Gasteiger partial charge in [0.25, 0.3) is 5.91 Å². The fourth-order valence-electron chi connectivity index (χ4n) is 2.55. The van der Waals surface area contributed by atoms with Gasteiger partial charge < -0.3 is 9.30 Å². The van der Waals surface area contributed by atoms with Gasteiger partial charge in [-0.25, -0.2) is 4.79 Å². The minimum Gasteiger partial charge on any atom is -0.465 e. The van der Waals surface area contributed by atoms with E-state index in [1.54, 1.807) is 41.0 Å². The molecular weight excluding hydrogens is 396 g/mol. The number of thiazole rings is 1. The van der Waals surface area contributed by atoms with Crippen LogP contribution in [-0.2, 0) is 16.1 Å². The van der Waals surface area contributed by atoms with E-state index in [1.807, 2.05) is 12.1 Å². The molecule has 3 rings (SSSR count). The fraction of sp³-hybridized carbons (Fsp3) is 0.0952. The number of esters is 1. The van der Waals surface area contributed by atoms with Crippen molar-refractivity contribution in [2.75, 3.05) is 7.11 Å². The molecule has 0 spiro atoms. The maximum atomic E-state index is 12.3. The quantitative estimate of drug-likeness (QED) is 0.372. The molecule has 7 heteroatoms. The van der Waals surface area contributed by atoms with Crippen LogP contribution in [0.25, 0.3) is 16.3 Å². The fourth-order valence-corrected chi connectivity index (χ4v) is 3.82. The third-order valence-corrected chi connectivity index (χ3v) is 5.26. The van der Waals surface area contributed by atoms with Crippen LogP contribution in [0.5, 0.6) is 0 Å². The highest BCUT2D eigenvalue weighted by molar-refractivity contribution is 7.16. The molecule has 0 aliphatic rings. The summed E-state index contributed by atoms with van der Waals surface area (Å²) in [6.07, 6.45) is 8.43. The van der Waals surface area contributed by atoms with E-state index in [2.05, 4.69) is 10.9 Å². The maximum absolute atomic E-state index is 12.3. The molecule has 1 amide bonds. The molecule has 0 bridgehead atoms. The molecule has 0 fully saturated rings. The highest BCUT2D eigenvalue weighted by Crippen LogP contribution is 2.20. The Balaban J connectivity index is 2.01. The van der Waals surface area contributed by atoms with E-state index >= 15 is 0 Å². The van der Waals surface area contributed by atoms with Crippen molar-refractivity contribution in [3.63, 3.8) is 0 Å². The number of nitrogens with zero attached hydrogens (tertiary/aromatic N) is 2. The van der Waals surface area contributed by atoms with Crippen molar-refractivity contribution in [1.29, 1.82) is 0 Å². The lowest BCUT2D eigenvalue weighted by Crippen LogP contribution is -2.15. The molecule has 0 aliphatic carbocycles. The number of rotatable bonds is 4. The van der Waals surface area contributed by atoms with Gasteiger partial charge in [0.1, 0.15) is 0 Å². The Labute approximate surface area is 170 Å². The number of terminal acetylenes is 1. The number of methoxy groups -OCH3 is 1. The molecule has 0 unspecified atom stereocenters. The second-order valence-corrected chi connectivity index (χ2v) is 7.07. The molecule has 28 heavy (non-hydrogen) atoms. The van der Waals surface area contributed by atoms with Crippen molar-refractivity contribution >= 4 is 51.1 Å². The van der Waals surface area contributed by atoms with E-state index in [0.717, 1.165) is 15.8 Å². The third-order valence-electron chi connectivity index (χ3n) is 3.87. The Bertz CT molecular complexity index is 1200. The molecule has 0 aliphatic heterocycles. The average Bonchev–Trinajstić information content (AvgIpc) is 3.03. The third kappa shape index (κ3) is 4.22. The molecule has 1 heterocycles. The first-order valence-corrected chi connectivity index (χ1v) is 9.39. The Morgan fingerprint density at radius 1 is 1.32 bits per heavy atom. The Morgan fingerprint density at radius 3 is 2.82 bits per heavy atom. The van der Waals surface area contributed by atoms with Gasteiger partial charge in [-0.2, -0.15) is 4.99 Å². The van der Waals surface area contributed by atoms with E-state index in [1.165, 1.54) is 24.5 Å². The SMILES string of the molecule is C#CCn1c(=NC(=O)C=Cc2ccccc2Cl)sc2cc(C(=O)OC)ccc21. The minimum absolute atomic E-state index is 0.248. The second-order valence-electron chi connectivity index (χ2n) is 5.65. The van der Waals surface area contributed by atoms with Crippen LogP contribution in [-0.4, -0.2) is 23.6 Å². The van der Waals surface area contributed by atoms with Crippen molar-refractivity contribution < 1.29 is 14.3 Å². The standard InChI is InChI=1S/C21H15ClN2O3S/c1-3-12-24-17-10-8-15(20(26)27-2)13-18(17)28-21(24)23-19(25)11-9-14-6-4-5-7-16(14)22/h1,4-11,13H,12H2,2H3. The molecule has 140 valence electrons. The van der Waals surface area contributed by atoms with Gasteiger partial charge in [0, 0.05) is 11.1 Å². The van der Waals surface area contributed by atoms with Crippen molar-refractivity contribution in [3.8, 4) is 12.3 Å². The van der Waals surface area contributed by atoms with Gasteiger partial charge in [-0.05, 0) is 35.9 Å². The molecule has 2 aromatic carbocycles. The van der Waals surface area contributed by atoms with Gasteiger partial charge in [0.05, 0.1) is 29.4 Å². The molecule has 0 radical (unpaired) electrons. The van der Waals surface area contributed by atoms with E-state index in [9.17, 15) is 9.59 Å². The number of amides is 1. The van der Waals surface area contributed by atoms with Gasteiger partial charge in [-0.3, -0.25) is 4.79 Å².